The molecule has 0 saturated carbocycles. The molecule has 1 unspecified atom stereocenters. The van der Waals surface area contributed by atoms with Crippen molar-refractivity contribution in [2.75, 3.05) is 24.5 Å². The molecule has 5 heteroatoms. The SMILES string of the molecule is CCN(CC1CCCN1)c1ncc(F)cn1. The van der Waals surface area contributed by atoms with Crippen molar-refractivity contribution in [3.05, 3.63) is 18.2 Å². The van der Waals surface area contributed by atoms with Crippen molar-refractivity contribution in [2.45, 2.75) is 25.8 Å². The van der Waals surface area contributed by atoms with Gasteiger partial charge in [-0.05, 0) is 26.3 Å². The molecule has 1 N–H and O–H groups in total. The predicted molar refractivity (Wildman–Crippen MR) is 60.9 cm³/mol. The van der Waals surface area contributed by atoms with Crippen molar-refractivity contribution >= 4 is 5.95 Å². The Morgan fingerprint density at radius 3 is 2.81 bits per heavy atom. The number of hydrogen-bond donors (Lipinski definition) is 1. The van der Waals surface area contributed by atoms with Gasteiger partial charge in [0.05, 0.1) is 12.4 Å². The summed E-state index contributed by atoms with van der Waals surface area (Å²) < 4.78 is 12.7. The van der Waals surface area contributed by atoms with Crippen LogP contribution in [0.5, 0.6) is 0 Å². The highest BCUT2D eigenvalue weighted by atomic mass is 19.1. The standard InChI is InChI=1S/C11H17FN4/c1-2-16(8-10-4-3-5-13-10)11-14-6-9(12)7-15-11/h6-7,10,13H,2-5,8H2,1H3. The van der Waals surface area contributed by atoms with Crippen molar-refractivity contribution in [1.82, 2.24) is 15.3 Å². The van der Waals surface area contributed by atoms with Crippen LogP contribution in [0.15, 0.2) is 12.4 Å². The van der Waals surface area contributed by atoms with Gasteiger partial charge in [0.2, 0.25) is 5.95 Å². The Hall–Kier alpha value is -1.23. The van der Waals surface area contributed by atoms with Crippen LogP contribution in [0.3, 0.4) is 0 Å². The number of hydrogen-bond acceptors (Lipinski definition) is 4. The number of nitrogens with one attached hydrogen (secondary N) is 1. The normalized spacial score (nSPS) is 20.0. The van der Waals surface area contributed by atoms with Crippen molar-refractivity contribution in [1.29, 1.82) is 0 Å². The average Bonchev–Trinajstić information content (AvgIpc) is 2.80. The van der Waals surface area contributed by atoms with E-state index in [4.69, 9.17) is 0 Å². The highest BCUT2D eigenvalue weighted by molar-refractivity contribution is 5.28. The molecule has 2 rings (SSSR count). The summed E-state index contributed by atoms with van der Waals surface area (Å²) in [5.74, 6) is 0.219. The summed E-state index contributed by atoms with van der Waals surface area (Å²) in [5, 5.41) is 3.43. The number of nitrogens with zero attached hydrogens (tertiary/aromatic N) is 3. The summed E-state index contributed by atoms with van der Waals surface area (Å²) in [5.41, 5.74) is 0. The second-order valence-electron chi connectivity index (χ2n) is 4.03. The van der Waals surface area contributed by atoms with Crippen LogP contribution in [-0.2, 0) is 0 Å². The zero-order chi connectivity index (χ0) is 11.4. The fourth-order valence-corrected chi connectivity index (χ4v) is 2.00. The van der Waals surface area contributed by atoms with Gasteiger partial charge in [-0.2, -0.15) is 0 Å². The molecule has 0 aliphatic carbocycles. The van der Waals surface area contributed by atoms with Gasteiger partial charge in [0.15, 0.2) is 5.82 Å². The third kappa shape index (κ3) is 2.66. The van der Waals surface area contributed by atoms with Gasteiger partial charge in [0, 0.05) is 19.1 Å². The van der Waals surface area contributed by atoms with E-state index < -0.39 is 5.82 Å². The molecule has 1 atom stereocenters. The van der Waals surface area contributed by atoms with Crippen molar-refractivity contribution < 1.29 is 4.39 Å². The van der Waals surface area contributed by atoms with Gasteiger partial charge in [-0.3, -0.25) is 0 Å². The van der Waals surface area contributed by atoms with Crippen LogP contribution in [0, 0.1) is 5.82 Å². The molecule has 2 heterocycles. The van der Waals surface area contributed by atoms with Gasteiger partial charge in [0.1, 0.15) is 0 Å². The number of anilines is 1. The van der Waals surface area contributed by atoms with E-state index in [0.29, 0.717) is 12.0 Å². The van der Waals surface area contributed by atoms with Crippen LogP contribution >= 0.6 is 0 Å². The molecule has 16 heavy (non-hydrogen) atoms. The van der Waals surface area contributed by atoms with Crippen LogP contribution in [-0.4, -0.2) is 35.6 Å². The Bertz CT molecular complexity index is 321. The number of aromatic nitrogens is 2. The molecule has 1 fully saturated rings. The molecule has 88 valence electrons. The van der Waals surface area contributed by atoms with Gasteiger partial charge in [-0.15, -0.1) is 0 Å². The van der Waals surface area contributed by atoms with Crippen LogP contribution in [0.25, 0.3) is 0 Å². The van der Waals surface area contributed by atoms with Gasteiger partial charge in [-0.1, -0.05) is 0 Å². The summed E-state index contributed by atoms with van der Waals surface area (Å²) in [6, 6.07) is 0.508. The lowest BCUT2D eigenvalue weighted by atomic mass is 10.2. The molecule has 0 radical (unpaired) electrons. The molecule has 4 nitrogen and oxygen atoms in total. The highest BCUT2D eigenvalue weighted by Gasteiger charge is 2.18. The topological polar surface area (TPSA) is 41.0 Å². The molecule has 0 bridgehead atoms. The average molecular weight is 224 g/mol. The monoisotopic (exact) mass is 224 g/mol. The Labute approximate surface area is 94.9 Å². The maximum atomic E-state index is 12.7. The Morgan fingerprint density at radius 1 is 1.50 bits per heavy atom. The zero-order valence-electron chi connectivity index (χ0n) is 9.49. The third-order valence-electron chi connectivity index (χ3n) is 2.87. The Kier molecular flexibility index (Phi) is 3.66. The Balaban J connectivity index is 2.00. The molecular weight excluding hydrogens is 207 g/mol. The van der Waals surface area contributed by atoms with E-state index in [9.17, 15) is 4.39 Å². The third-order valence-corrected chi connectivity index (χ3v) is 2.87. The summed E-state index contributed by atoms with van der Waals surface area (Å²) in [6.07, 6.45) is 4.85. The number of rotatable bonds is 4. The van der Waals surface area contributed by atoms with Crippen LogP contribution in [0.4, 0.5) is 10.3 Å². The van der Waals surface area contributed by atoms with E-state index in [1.54, 1.807) is 0 Å². The molecule has 1 saturated heterocycles. The quantitative estimate of drug-likeness (QED) is 0.834. The van der Waals surface area contributed by atoms with Gasteiger partial charge < -0.3 is 10.2 Å². The summed E-state index contributed by atoms with van der Waals surface area (Å²) in [6.45, 7) is 4.88. The van der Waals surface area contributed by atoms with Gasteiger partial charge in [-0.25, -0.2) is 14.4 Å². The highest BCUT2D eigenvalue weighted by Crippen LogP contribution is 2.11. The molecule has 1 aromatic heterocycles. The lowest BCUT2D eigenvalue weighted by molar-refractivity contribution is 0.574. The predicted octanol–water partition coefficient (Wildman–Crippen LogP) is 1.19. The first-order valence-corrected chi connectivity index (χ1v) is 5.75. The second kappa shape index (κ2) is 5.21. The first-order chi connectivity index (χ1) is 7.79. The summed E-state index contributed by atoms with van der Waals surface area (Å²) in [4.78, 5) is 10.1. The lowest BCUT2D eigenvalue weighted by Crippen LogP contribution is -2.38. The molecule has 0 aromatic carbocycles. The minimum atomic E-state index is -0.390. The van der Waals surface area contributed by atoms with E-state index in [1.165, 1.54) is 25.2 Å². The number of likely N-dealkylation sites (N-methyl/N-ethyl adjacent to an activating group) is 1. The first kappa shape index (κ1) is 11.3. The molecule has 1 aliphatic rings. The minimum Gasteiger partial charge on any atom is -0.340 e. The second-order valence-corrected chi connectivity index (χ2v) is 4.03. The van der Waals surface area contributed by atoms with Crippen LogP contribution < -0.4 is 10.2 Å². The van der Waals surface area contributed by atoms with Gasteiger partial charge in [0.25, 0.3) is 0 Å². The van der Waals surface area contributed by atoms with E-state index in [0.717, 1.165) is 19.6 Å². The Morgan fingerprint density at radius 2 is 2.25 bits per heavy atom. The molecule has 0 spiro atoms. The summed E-state index contributed by atoms with van der Waals surface area (Å²) in [7, 11) is 0. The molecular formula is C11H17FN4. The smallest absolute Gasteiger partial charge is 0.225 e. The first-order valence-electron chi connectivity index (χ1n) is 5.75. The maximum Gasteiger partial charge on any atom is 0.225 e. The fourth-order valence-electron chi connectivity index (χ4n) is 2.00. The van der Waals surface area contributed by atoms with Crippen molar-refractivity contribution in [2.24, 2.45) is 0 Å². The van der Waals surface area contributed by atoms with E-state index in [-0.39, 0.29) is 0 Å². The largest absolute Gasteiger partial charge is 0.340 e. The van der Waals surface area contributed by atoms with E-state index in [1.807, 2.05) is 0 Å². The van der Waals surface area contributed by atoms with E-state index >= 15 is 0 Å². The summed E-state index contributed by atoms with van der Waals surface area (Å²) >= 11 is 0. The fraction of sp³-hybridized carbons (Fsp3) is 0.636. The molecule has 0 amide bonds. The maximum absolute atomic E-state index is 12.7. The van der Waals surface area contributed by atoms with Crippen molar-refractivity contribution in [3.63, 3.8) is 0 Å². The lowest BCUT2D eigenvalue weighted by Gasteiger charge is -2.24. The van der Waals surface area contributed by atoms with E-state index in [2.05, 4.69) is 27.1 Å². The number of halogens is 1. The molecule has 1 aliphatic heterocycles. The van der Waals surface area contributed by atoms with Crippen molar-refractivity contribution in [3.8, 4) is 0 Å². The minimum absolute atomic E-state index is 0.390. The van der Waals surface area contributed by atoms with Crippen LogP contribution in [0.1, 0.15) is 19.8 Å². The molecule has 1 aromatic rings. The van der Waals surface area contributed by atoms with Gasteiger partial charge >= 0.3 is 0 Å². The van der Waals surface area contributed by atoms with Crippen LogP contribution in [0.2, 0.25) is 0 Å². The zero-order valence-corrected chi connectivity index (χ0v) is 9.49.